The maximum Gasteiger partial charge on any atom is 0.245 e. The van der Waals surface area contributed by atoms with E-state index >= 15 is 0 Å². The second-order valence-corrected chi connectivity index (χ2v) is 2.72. The number of aromatic nitrogens is 2. The Morgan fingerprint density at radius 1 is 1.36 bits per heavy atom. The second kappa shape index (κ2) is 3.83. The summed E-state index contributed by atoms with van der Waals surface area (Å²) in [5, 5.41) is 0. The average molecular weight is 188 g/mol. The minimum Gasteiger partial charge on any atom is -0.439 e. The highest BCUT2D eigenvalue weighted by Gasteiger charge is 2.06. The highest BCUT2D eigenvalue weighted by atomic mass is 16.4. The van der Waals surface area contributed by atoms with Gasteiger partial charge in [0.05, 0.1) is 12.6 Å². The summed E-state index contributed by atoms with van der Waals surface area (Å²) in [7, 11) is 0. The van der Waals surface area contributed by atoms with Crippen molar-refractivity contribution in [3.05, 3.63) is 36.4 Å². The van der Waals surface area contributed by atoms with Crippen molar-refractivity contribution in [2.24, 2.45) is 0 Å². The lowest BCUT2D eigenvalue weighted by atomic mass is 10.3. The first-order valence-electron chi connectivity index (χ1n) is 4.20. The number of aldehydes is 1. The molecule has 0 aliphatic rings. The molecule has 4 heteroatoms. The van der Waals surface area contributed by atoms with Gasteiger partial charge in [0.25, 0.3) is 0 Å². The van der Waals surface area contributed by atoms with E-state index in [0.717, 1.165) is 6.29 Å². The van der Waals surface area contributed by atoms with E-state index < -0.39 is 0 Å². The van der Waals surface area contributed by atoms with Crippen LogP contribution >= 0.6 is 0 Å². The van der Waals surface area contributed by atoms with Gasteiger partial charge in [0, 0.05) is 6.20 Å². The fraction of sp³-hybridized carbons (Fsp3) is 0.100. The van der Waals surface area contributed by atoms with E-state index in [-0.39, 0.29) is 6.42 Å². The molecule has 0 amide bonds. The largest absolute Gasteiger partial charge is 0.439 e. The lowest BCUT2D eigenvalue weighted by Gasteiger charge is -1.91. The van der Waals surface area contributed by atoms with E-state index in [0.29, 0.717) is 17.3 Å². The Bertz CT molecular complexity index is 423. The molecule has 2 aromatic heterocycles. The smallest absolute Gasteiger partial charge is 0.245 e. The zero-order valence-corrected chi connectivity index (χ0v) is 7.38. The van der Waals surface area contributed by atoms with Gasteiger partial charge in [-0.2, -0.15) is 0 Å². The average Bonchev–Trinajstić information content (AvgIpc) is 2.68. The molecule has 2 heterocycles. The lowest BCUT2D eigenvalue weighted by molar-refractivity contribution is -0.107. The first-order valence-corrected chi connectivity index (χ1v) is 4.20. The molecule has 14 heavy (non-hydrogen) atoms. The van der Waals surface area contributed by atoms with Crippen LogP contribution in [-0.2, 0) is 11.2 Å². The molecular formula is C10H8N2O2. The third-order valence-electron chi connectivity index (χ3n) is 1.72. The van der Waals surface area contributed by atoms with Crippen molar-refractivity contribution in [2.75, 3.05) is 0 Å². The molecule has 2 aromatic rings. The van der Waals surface area contributed by atoms with Gasteiger partial charge in [-0.3, -0.25) is 4.98 Å². The molecule has 0 unspecified atom stereocenters. The van der Waals surface area contributed by atoms with Crippen LogP contribution in [0.25, 0.3) is 11.6 Å². The van der Waals surface area contributed by atoms with Crippen LogP contribution in [0.2, 0.25) is 0 Å². The Kier molecular flexibility index (Phi) is 2.36. The lowest BCUT2D eigenvalue weighted by Crippen LogP contribution is -1.81. The highest BCUT2D eigenvalue weighted by molar-refractivity contribution is 5.54. The number of rotatable bonds is 3. The monoisotopic (exact) mass is 188 g/mol. The Hall–Kier alpha value is -1.97. The van der Waals surface area contributed by atoms with E-state index in [1.165, 1.54) is 0 Å². The van der Waals surface area contributed by atoms with Gasteiger partial charge in [-0.05, 0) is 12.1 Å². The van der Waals surface area contributed by atoms with Crippen LogP contribution in [0.5, 0.6) is 0 Å². The van der Waals surface area contributed by atoms with Gasteiger partial charge >= 0.3 is 0 Å². The molecule has 0 radical (unpaired) electrons. The van der Waals surface area contributed by atoms with Crippen molar-refractivity contribution >= 4 is 6.29 Å². The molecule has 0 fully saturated rings. The van der Waals surface area contributed by atoms with E-state index in [9.17, 15) is 4.79 Å². The van der Waals surface area contributed by atoms with E-state index in [1.807, 2.05) is 12.1 Å². The molecule has 0 spiro atoms. The minimum absolute atomic E-state index is 0.250. The molecule has 0 atom stereocenters. The molecule has 0 aromatic carbocycles. The molecule has 0 saturated heterocycles. The summed E-state index contributed by atoms with van der Waals surface area (Å²) in [5.74, 6) is 1.00. The van der Waals surface area contributed by atoms with Crippen molar-refractivity contribution in [1.82, 2.24) is 9.97 Å². The molecule has 0 N–H and O–H groups in total. The third-order valence-corrected chi connectivity index (χ3v) is 1.72. The van der Waals surface area contributed by atoms with Crippen LogP contribution < -0.4 is 0 Å². The number of hydrogen-bond donors (Lipinski definition) is 0. The van der Waals surface area contributed by atoms with Crippen LogP contribution in [0.15, 0.2) is 35.0 Å². The summed E-state index contributed by atoms with van der Waals surface area (Å²) < 4.78 is 5.31. The topological polar surface area (TPSA) is 56.0 Å². The van der Waals surface area contributed by atoms with Crippen molar-refractivity contribution in [3.8, 4) is 11.6 Å². The third kappa shape index (κ3) is 1.69. The Balaban J connectivity index is 2.29. The molecule has 70 valence electrons. The number of carbonyl (C=O) groups excluding carboxylic acids is 1. The van der Waals surface area contributed by atoms with Gasteiger partial charge in [0.15, 0.2) is 0 Å². The predicted octanol–water partition coefficient (Wildman–Crippen LogP) is 1.48. The first kappa shape index (κ1) is 8.62. The number of carbonyl (C=O) groups is 1. The molecule has 4 nitrogen and oxygen atoms in total. The first-order chi connectivity index (χ1) is 6.90. The molecule has 0 bridgehead atoms. The molecule has 2 rings (SSSR count). The fourth-order valence-electron chi connectivity index (χ4n) is 1.09. The molecular weight excluding hydrogens is 180 g/mol. The Morgan fingerprint density at radius 3 is 3.00 bits per heavy atom. The van der Waals surface area contributed by atoms with Crippen molar-refractivity contribution in [3.63, 3.8) is 0 Å². The number of oxazole rings is 1. The standard InChI is InChI=1S/C10H8N2O2/c13-6-4-8-7-12-10(14-8)9-3-1-2-5-11-9/h1-3,5-7H,4H2. The van der Waals surface area contributed by atoms with Gasteiger partial charge in [-0.1, -0.05) is 6.07 Å². The van der Waals surface area contributed by atoms with Crippen LogP contribution in [0.3, 0.4) is 0 Å². The number of hydrogen-bond acceptors (Lipinski definition) is 4. The molecule has 0 aliphatic heterocycles. The predicted molar refractivity (Wildman–Crippen MR) is 49.5 cm³/mol. The number of nitrogens with zero attached hydrogens (tertiary/aromatic N) is 2. The Morgan fingerprint density at radius 2 is 2.29 bits per heavy atom. The normalized spacial score (nSPS) is 10.0. The quantitative estimate of drug-likeness (QED) is 0.684. The van der Waals surface area contributed by atoms with Crippen molar-refractivity contribution in [1.29, 1.82) is 0 Å². The van der Waals surface area contributed by atoms with Gasteiger partial charge in [0.1, 0.15) is 17.7 Å². The van der Waals surface area contributed by atoms with Gasteiger partial charge in [-0.15, -0.1) is 0 Å². The van der Waals surface area contributed by atoms with E-state index in [2.05, 4.69) is 9.97 Å². The van der Waals surface area contributed by atoms with Crippen LogP contribution in [-0.4, -0.2) is 16.3 Å². The van der Waals surface area contributed by atoms with Gasteiger partial charge < -0.3 is 9.21 Å². The zero-order chi connectivity index (χ0) is 9.80. The highest BCUT2D eigenvalue weighted by Crippen LogP contribution is 2.15. The van der Waals surface area contributed by atoms with Gasteiger partial charge in [-0.25, -0.2) is 4.98 Å². The van der Waals surface area contributed by atoms with Gasteiger partial charge in [0.2, 0.25) is 5.89 Å². The summed E-state index contributed by atoms with van der Waals surface area (Å²) in [6.45, 7) is 0. The van der Waals surface area contributed by atoms with Crippen molar-refractivity contribution in [2.45, 2.75) is 6.42 Å². The van der Waals surface area contributed by atoms with Crippen molar-refractivity contribution < 1.29 is 9.21 Å². The maximum absolute atomic E-state index is 10.2. The van der Waals surface area contributed by atoms with Crippen LogP contribution in [0, 0.1) is 0 Å². The summed E-state index contributed by atoms with van der Waals surface area (Å²) in [6.07, 6.45) is 4.24. The van der Waals surface area contributed by atoms with Crippen LogP contribution in [0.4, 0.5) is 0 Å². The zero-order valence-electron chi connectivity index (χ0n) is 7.38. The SMILES string of the molecule is O=CCc1cnc(-c2ccccn2)o1. The summed E-state index contributed by atoms with van der Waals surface area (Å²) in [6, 6.07) is 5.47. The summed E-state index contributed by atoms with van der Waals surface area (Å²) >= 11 is 0. The van der Waals surface area contributed by atoms with E-state index in [1.54, 1.807) is 18.5 Å². The van der Waals surface area contributed by atoms with E-state index in [4.69, 9.17) is 4.42 Å². The minimum atomic E-state index is 0.250. The summed E-state index contributed by atoms with van der Waals surface area (Å²) in [4.78, 5) is 18.3. The number of pyridine rings is 1. The second-order valence-electron chi connectivity index (χ2n) is 2.72. The fourth-order valence-corrected chi connectivity index (χ4v) is 1.09. The van der Waals surface area contributed by atoms with Crippen LogP contribution in [0.1, 0.15) is 5.76 Å². The summed E-state index contributed by atoms with van der Waals surface area (Å²) in [5.41, 5.74) is 0.671. The maximum atomic E-state index is 10.2. The molecule has 0 aliphatic carbocycles. The Labute approximate surface area is 80.6 Å². The molecule has 0 saturated carbocycles.